The highest BCUT2D eigenvalue weighted by Crippen LogP contribution is 2.30. The largest absolute Gasteiger partial charge is 0.382 e. The molecule has 2 N–H and O–H groups in total. The smallest absolute Gasteiger partial charge is 0.0671 e. The van der Waals surface area contributed by atoms with Crippen LogP contribution in [0.4, 0.5) is 5.69 Å². The fourth-order valence-electron chi connectivity index (χ4n) is 2.91. The molecule has 0 spiro atoms. The number of anilines is 1. The van der Waals surface area contributed by atoms with Gasteiger partial charge in [0.05, 0.1) is 11.7 Å². The summed E-state index contributed by atoms with van der Waals surface area (Å²) in [5.41, 5.74) is 2.31. The normalized spacial score (nSPS) is 18.6. The lowest BCUT2D eigenvalue weighted by molar-refractivity contribution is 0.482. The monoisotopic (exact) mass is 229 g/mol. The average molecular weight is 229 g/mol. The minimum Gasteiger partial charge on any atom is -0.382 e. The van der Waals surface area contributed by atoms with Gasteiger partial charge in [0.1, 0.15) is 0 Å². The number of nitrogens with zero attached hydrogens (tertiary/aromatic N) is 1. The maximum absolute atomic E-state index is 4.10. The number of H-pyrrole nitrogens is 1. The van der Waals surface area contributed by atoms with E-state index in [0.29, 0.717) is 6.04 Å². The second-order valence-corrected chi connectivity index (χ2v) is 5.11. The van der Waals surface area contributed by atoms with Crippen LogP contribution in [0.2, 0.25) is 0 Å². The van der Waals surface area contributed by atoms with Crippen LogP contribution in [0.15, 0.2) is 24.4 Å². The van der Waals surface area contributed by atoms with Crippen LogP contribution in [0.5, 0.6) is 0 Å². The molecule has 3 heteroatoms. The lowest BCUT2D eigenvalue weighted by atomic mass is 9.99. The first-order chi connectivity index (χ1) is 8.34. The van der Waals surface area contributed by atoms with E-state index in [-0.39, 0.29) is 0 Å². The van der Waals surface area contributed by atoms with Crippen molar-refractivity contribution in [1.29, 1.82) is 0 Å². The Morgan fingerprint density at radius 1 is 1.35 bits per heavy atom. The molecule has 3 rings (SSSR count). The van der Waals surface area contributed by atoms with E-state index in [0.717, 1.165) is 11.4 Å². The van der Waals surface area contributed by atoms with E-state index in [1.807, 2.05) is 6.20 Å². The van der Waals surface area contributed by atoms with E-state index < -0.39 is 0 Å². The first-order valence-electron chi connectivity index (χ1n) is 6.53. The van der Waals surface area contributed by atoms with Crippen molar-refractivity contribution >= 4 is 16.6 Å². The van der Waals surface area contributed by atoms with Gasteiger partial charge < -0.3 is 5.32 Å². The molecule has 2 aromatic rings. The van der Waals surface area contributed by atoms with Gasteiger partial charge in [-0.2, -0.15) is 5.10 Å². The molecule has 90 valence electrons. The summed E-state index contributed by atoms with van der Waals surface area (Å²) in [5.74, 6) is 0.831. The number of nitrogens with one attached hydrogen (secondary N) is 2. The lowest BCUT2D eigenvalue weighted by Gasteiger charge is -2.21. The van der Waals surface area contributed by atoms with Crippen LogP contribution in [0.25, 0.3) is 10.9 Å². The highest BCUT2D eigenvalue weighted by molar-refractivity contribution is 5.90. The highest BCUT2D eigenvalue weighted by atomic mass is 15.1. The minimum atomic E-state index is 0.554. The maximum atomic E-state index is 4.10. The first kappa shape index (κ1) is 10.6. The van der Waals surface area contributed by atoms with Gasteiger partial charge in [-0.25, -0.2) is 0 Å². The van der Waals surface area contributed by atoms with E-state index in [2.05, 4.69) is 40.6 Å². The Kier molecular flexibility index (Phi) is 2.75. The van der Waals surface area contributed by atoms with Gasteiger partial charge in [-0.05, 0) is 37.8 Å². The van der Waals surface area contributed by atoms with Gasteiger partial charge in [0.2, 0.25) is 0 Å². The van der Waals surface area contributed by atoms with Crippen molar-refractivity contribution in [3.8, 4) is 0 Å². The molecule has 17 heavy (non-hydrogen) atoms. The molecule has 3 nitrogen and oxygen atoms in total. The van der Waals surface area contributed by atoms with E-state index in [1.165, 1.54) is 36.8 Å². The Balaban J connectivity index is 1.81. The summed E-state index contributed by atoms with van der Waals surface area (Å²) in [7, 11) is 0. The number of aromatic nitrogens is 2. The Morgan fingerprint density at radius 2 is 2.18 bits per heavy atom. The number of aromatic amines is 1. The predicted molar refractivity (Wildman–Crippen MR) is 71.1 cm³/mol. The van der Waals surface area contributed by atoms with Gasteiger partial charge in [0.15, 0.2) is 0 Å². The zero-order chi connectivity index (χ0) is 11.7. The zero-order valence-corrected chi connectivity index (χ0v) is 10.2. The third-order valence-electron chi connectivity index (χ3n) is 3.97. The van der Waals surface area contributed by atoms with Crippen molar-refractivity contribution in [2.75, 3.05) is 5.32 Å². The molecule has 1 aromatic carbocycles. The van der Waals surface area contributed by atoms with Crippen LogP contribution in [0.3, 0.4) is 0 Å². The SMILES string of the molecule is CC(Nc1cccc2[nH]ncc12)C1CCCC1. The number of rotatable bonds is 3. The van der Waals surface area contributed by atoms with Gasteiger partial charge in [-0.1, -0.05) is 18.9 Å². The Hall–Kier alpha value is -1.51. The second-order valence-electron chi connectivity index (χ2n) is 5.11. The maximum Gasteiger partial charge on any atom is 0.0671 e. The average Bonchev–Trinajstić information content (AvgIpc) is 3.00. The molecule has 1 heterocycles. The van der Waals surface area contributed by atoms with Gasteiger partial charge in [0, 0.05) is 17.1 Å². The van der Waals surface area contributed by atoms with E-state index in [4.69, 9.17) is 0 Å². The van der Waals surface area contributed by atoms with Gasteiger partial charge in [-0.3, -0.25) is 5.10 Å². The number of hydrogen-bond donors (Lipinski definition) is 2. The van der Waals surface area contributed by atoms with Crippen LogP contribution in [-0.4, -0.2) is 16.2 Å². The second kappa shape index (κ2) is 4.40. The molecule has 1 aliphatic rings. The molecule has 0 radical (unpaired) electrons. The molecule has 0 aliphatic heterocycles. The molecule has 1 atom stereocenters. The molecule has 0 amide bonds. The standard InChI is InChI=1S/C14H19N3/c1-10(11-5-2-3-6-11)16-13-7-4-8-14-12(13)9-15-17-14/h4,7-11,16H,2-3,5-6H2,1H3,(H,15,17). The summed E-state index contributed by atoms with van der Waals surface area (Å²) < 4.78 is 0. The fraction of sp³-hybridized carbons (Fsp3) is 0.500. The number of fused-ring (bicyclic) bond motifs is 1. The fourth-order valence-corrected chi connectivity index (χ4v) is 2.91. The summed E-state index contributed by atoms with van der Waals surface area (Å²) >= 11 is 0. The molecular weight excluding hydrogens is 210 g/mol. The zero-order valence-electron chi connectivity index (χ0n) is 10.2. The topological polar surface area (TPSA) is 40.7 Å². The van der Waals surface area contributed by atoms with Crippen molar-refractivity contribution in [1.82, 2.24) is 10.2 Å². The number of benzene rings is 1. The lowest BCUT2D eigenvalue weighted by Crippen LogP contribution is -2.23. The summed E-state index contributed by atoms with van der Waals surface area (Å²) in [4.78, 5) is 0. The van der Waals surface area contributed by atoms with E-state index in [1.54, 1.807) is 0 Å². The molecular formula is C14H19N3. The third-order valence-corrected chi connectivity index (χ3v) is 3.97. The summed E-state index contributed by atoms with van der Waals surface area (Å²) in [5, 5.41) is 12.0. The predicted octanol–water partition coefficient (Wildman–Crippen LogP) is 3.55. The van der Waals surface area contributed by atoms with Crippen LogP contribution in [-0.2, 0) is 0 Å². The number of hydrogen-bond acceptors (Lipinski definition) is 2. The van der Waals surface area contributed by atoms with Crippen molar-refractivity contribution in [3.05, 3.63) is 24.4 Å². The Morgan fingerprint density at radius 3 is 3.00 bits per heavy atom. The summed E-state index contributed by atoms with van der Waals surface area (Å²) in [6, 6.07) is 6.83. The molecule has 0 bridgehead atoms. The molecule has 1 unspecified atom stereocenters. The van der Waals surface area contributed by atoms with Gasteiger partial charge in [0.25, 0.3) is 0 Å². The van der Waals surface area contributed by atoms with Crippen molar-refractivity contribution in [2.24, 2.45) is 5.92 Å². The van der Waals surface area contributed by atoms with Crippen molar-refractivity contribution in [3.63, 3.8) is 0 Å². The first-order valence-corrected chi connectivity index (χ1v) is 6.53. The van der Waals surface area contributed by atoms with Crippen LogP contribution in [0.1, 0.15) is 32.6 Å². The molecule has 1 aliphatic carbocycles. The molecule has 1 saturated carbocycles. The Bertz CT molecular complexity index is 497. The van der Waals surface area contributed by atoms with E-state index in [9.17, 15) is 0 Å². The molecule has 1 fully saturated rings. The van der Waals surface area contributed by atoms with Crippen molar-refractivity contribution < 1.29 is 0 Å². The Labute approximate surface area is 102 Å². The summed E-state index contributed by atoms with van der Waals surface area (Å²) in [6.45, 7) is 2.30. The highest BCUT2D eigenvalue weighted by Gasteiger charge is 2.21. The van der Waals surface area contributed by atoms with Crippen LogP contribution < -0.4 is 5.32 Å². The van der Waals surface area contributed by atoms with Gasteiger partial charge >= 0.3 is 0 Å². The molecule has 1 aromatic heterocycles. The van der Waals surface area contributed by atoms with Crippen LogP contribution >= 0.6 is 0 Å². The molecule has 0 saturated heterocycles. The quantitative estimate of drug-likeness (QED) is 0.845. The summed E-state index contributed by atoms with van der Waals surface area (Å²) in [6.07, 6.45) is 7.43. The third kappa shape index (κ3) is 2.02. The van der Waals surface area contributed by atoms with Gasteiger partial charge in [-0.15, -0.1) is 0 Å². The van der Waals surface area contributed by atoms with E-state index >= 15 is 0 Å². The van der Waals surface area contributed by atoms with Crippen LogP contribution in [0, 0.1) is 5.92 Å². The minimum absolute atomic E-state index is 0.554. The van der Waals surface area contributed by atoms with Crippen molar-refractivity contribution in [2.45, 2.75) is 38.6 Å².